The third-order valence-corrected chi connectivity index (χ3v) is 6.96. The molecule has 28 heavy (non-hydrogen) atoms. The summed E-state index contributed by atoms with van der Waals surface area (Å²) in [4.78, 5) is 11.8. The normalized spacial score (nSPS) is 11.3. The first-order valence-corrected chi connectivity index (χ1v) is 11.1. The summed E-state index contributed by atoms with van der Waals surface area (Å²) in [6.07, 6.45) is 0. The minimum atomic E-state index is -4.28. The van der Waals surface area contributed by atoms with Crippen molar-refractivity contribution in [3.05, 3.63) is 68.6 Å². The number of nitrogens with one attached hydrogen (secondary N) is 1. The highest BCUT2D eigenvalue weighted by molar-refractivity contribution is 9.10. The first kappa shape index (κ1) is 20.5. The van der Waals surface area contributed by atoms with Crippen LogP contribution in [0.3, 0.4) is 0 Å². The third kappa shape index (κ3) is 4.11. The van der Waals surface area contributed by atoms with Crippen molar-refractivity contribution in [1.82, 2.24) is 0 Å². The Kier molecular flexibility index (Phi) is 5.87. The Morgan fingerprint density at radius 3 is 2.46 bits per heavy atom. The third-order valence-electron chi connectivity index (χ3n) is 3.92. The molecule has 0 aliphatic rings. The van der Waals surface area contributed by atoms with E-state index in [1.807, 2.05) is 19.1 Å². The number of methoxy groups -OCH3 is 1. The second-order valence-corrected chi connectivity index (χ2v) is 9.31. The number of carbonyl (C=O) groups is 1. The molecule has 0 fully saturated rings. The molecule has 1 heterocycles. The fraction of sp³-hybridized carbons (Fsp3) is 0.105. The van der Waals surface area contributed by atoms with E-state index in [1.54, 1.807) is 17.5 Å². The topological polar surface area (TPSA) is 72.5 Å². The lowest BCUT2D eigenvalue weighted by atomic mass is 10.1. The molecule has 0 amide bonds. The van der Waals surface area contributed by atoms with Crippen LogP contribution in [0.5, 0.6) is 0 Å². The molecule has 0 atom stereocenters. The minimum absolute atomic E-state index is 0.0805. The fourth-order valence-electron chi connectivity index (χ4n) is 2.55. The van der Waals surface area contributed by atoms with Gasteiger partial charge in [-0.1, -0.05) is 45.8 Å². The molecule has 0 spiro atoms. The van der Waals surface area contributed by atoms with Gasteiger partial charge in [-0.05, 0) is 30.7 Å². The standard InChI is InChI=1S/C19H15BrFNO4S2/c1-11-3-5-12(6-4-11)14-10-27-17(19(23)26-2)18(14)28(24,25)22-16-8-7-13(20)9-15(16)21/h3-10,22H,1-2H3. The Morgan fingerprint density at radius 1 is 1.18 bits per heavy atom. The molecule has 0 bridgehead atoms. The maximum Gasteiger partial charge on any atom is 0.349 e. The highest BCUT2D eigenvalue weighted by Gasteiger charge is 2.30. The van der Waals surface area contributed by atoms with Gasteiger partial charge in [0.25, 0.3) is 10.0 Å². The number of ether oxygens (including phenoxy) is 1. The Balaban J connectivity index is 2.15. The number of thiophene rings is 1. The molecule has 0 saturated heterocycles. The van der Waals surface area contributed by atoms with Crippen molar-refractivity contribution in [3.63, 3.8) is 0 Å². The molecular formula is C19H15BrFNO4S2. The van der Waals surface area contributed by atoms with Crippen LogP contribution in [-0.2, 0) is 14.8 Å². The van der Waals surface area contributed by atoms with E-state index < -0.39 is 21.8 Å². The van der Waals surface area contributed by atoms with E-state index >= 15 is 0 Å². The summed E-state index contributed by atoms with van der Waals surface area (Å²) in [5.74, 6) is -1.52. The van der Waals surface area contributed by atoms with Crippen molar-refractivity contribution in [2.45, 2.75) is 11.8 Å². The smallest absolute Gasteiger partial charge is 0.349 e. The Bertz CT molecular complexity index is 1140. The van der Waals surface area contributed by atoms with Gasteiger partial charge in [-0.15, -0.1) is 11.3 Å². The van der Waals surface area contributed by atoms with Gasteiger partial charge in [0.1, 0.15) is 15.6 Å². The lowest BCUT2D eigenvalue weighted by Crippen LogP contribution is -2.17. The lowest BCUT2D eigenvalue weighted by molar-refractivity contribution is 0.0602. The number of aryl methyl sites for hydroxylation is 1. The summed E-state index contributed by atoms with van der Waals surface area (Å²) >= 11 is 4.08. The van der Waals surface area contributed by atoms with Gasteiger partial charge in [-0.3, -0.25) is 4.72 Å². The predicted octanol–water partition coefficient (Wildman–Crippen LogP) is 5.21. The fourth-order valence-corrected chi connectivity index (χ4v) is 5.67. The zero-order chi connectivity index (χ0) is 20.5. The molecule has 0 unspecified atom stereocenters. The van der Waals surface area contributed by atoms with Crippen LogP contribution in [-0.4, -0.2) is 21.5 Å². The van der Waals surface area contributed by atoms with Crippen LogP contribution in [0.4, 0.5) is 10.1 Å². The molecule has 3 rings (SSSR count). The molecule has 1 N–H and O–H groups in total. The lowest BCUT2D eigenvalue weighted by Gasteiger charge is -2.12. The van der Waals surface area contributed by atoms with Crippen LogP contribution in [0.1, 0.15) is 15.2 Å². The van der Waals surface area contributed by atoms with Crippen LogP contribution in [0, 0.1) is 12.7 Å². The van der Waals surface area contributed by atoms with Gasteiger partial charge in [0.2, 0.25) is 0 Å². The largest absolute Gasteiger partial charge is 0.465 e. The zero-order valence-electron chi connectivity index (χ0n) is 14.8. The van der Waals surface area contributed by atoms with Crippen molar-refractivity contribution in [2.75, 3.05) is 11.8 Å². The van der Waals surface area contributed by atoms with Gasteiger partial charge < -0.3 is 4.74 Å². The maximum atomic E-state index is 14.2. The van der Waals surface area contributed by atoms with Gasteiger partial charge >= 0.3 is 5.97 Å². The van der Waals surface area contributed by atoms with Crippen LogP contribution in [0.25, 0.3) is 11.1 Å². The van der Waals surface area contributed by atoms with E-state index in [-0.39, 0.29) is 15.5 Å². The molecule has 146 valence electrons. The van der Waals surface area contributed by atoms with Gasteiger partial charge in [-0.25, -0.2) is 17.6 Å². The number of halogens is 2. The summed E-state index contributed by atoms with van der Waals surface area (Å²) in [5, 5.41) is 1.57. The van der Waals surface area contributed by atoms with Crippen LogP contribution in [0.2, 0.25) is 0 Å². The molecule has 0 saturated carbocycles. The van der Waals surface area contributed by atoms with Crippen molar-refractivity contribution >= 4 is 48.9 Å². The molecule has 2 aromatic carbocycles. The van der Waals surface area contributed by atoms with E-state index in [0.29, 0.717) is 15.6 Å². The van der Waals surface area contributed by atoms with Crippen LogP contribution in [0.15, 0.2) is 57.2 Å². The monoisotopic (exact) mass is 483 g/mol. The number of rotatable bonds is 5. The highest BCUT2D eigenvalue weighted by atomic mass is 79.9. The first-order chi connectivity index (χ1) is 13.2. The Hall–Kier alpha value is -2.23. The molecule has 1 aromatic heterocycles. The summed E-state index contributed by atoms with van der Waals surface area (Å²) < 4.78 is 47.8. The summed E-state index contributed by atoms with van der Waals surface area (Å²) in [6.45, 7) is 1.91. The molecule has 9 heteroatoms. The van der Waals surface area contributed by atoms with Crippen molar-refractivity contribution in [2.24, 2.45) is 0 Å². The maximum absolute atomic E-state index is 14.2. The first-order valence-electron chi connectivity index (χ1n) is 7.97. The quantitative estimate of drug-likeness (QED) is 0.505. The van der Waals surface area contributed by atoms with E-state index in [1.165, 1.54) is 19.2 Å². The number of hydrogen-bond acceptors (Lipinski definition) is 5. The molecular weight excluding hydrogens is 469 g/mol. The number of carbonyl (C=O) groups excluding carboxylic acids is 1. The minimum Gasteiger partial charge on any atom is -0.465 e. The molecule has 3 aromatic rings. The zero-order valence-corrected chi connectivity index (χ0v) is 18.0. The predicted molar refractivity (Wildman–Crippen MR) is 111 cm³/mol. The Morgan fingerprint density at radius 2 is 1.86 bits per heavy atom. The van der Waals surface area contributed by atoms with E-state index in [0.717, 1.165) is 23.0 Å². The average molecular weight is 484 g/mol. The number of anilines is 1. The molecule has 0 radical (unpaired) electrons. The average Bonchev–Trinajstić information content (AvgIpc) is 3.10. The van der Waals surface area contributed by atoms with Crippen molar-refractivity contribution < 1.29 is 22.3 Å². The number of hydrogen-bond donors (Lipinski definition) is 1. The summed E-state index contributed by atoms with van der Waals surface area (Å²) in [7, 11) is -3.10. The molecule has 0 aliphatic heterocycles. The van der Waals surface area contributed by atoms with E-state index in [4.69, 9.17) is 4.74 Å². The SMILES string of the molecule is COC(=O)c1scc(-c2ccc(C)cc2)c1S(=O)(=O)Nc1ccc(Br)cc1F. The molecule has 0 aliphatic carbocycles. The van der Waals surface area contributed by atoms with Crippen molar-refractivity contribution in [1.29, 1.82) is 0 Å². The number of benzene rings is 2. The number of sulfonamides is 1. The second-order valence-electron chi connectivity index (χ2n) is 5.89. The van der Waals surface area contributed by atoms with Crippen molar-refractivity contribution in [3.8, 4) is 11.1 Å². The van der Waals surface area contributed by atoms with Gasteiger partial charge in [-0.2, -0.15) is 0 Å². The highest BCUT2D eigenvalue weighted by Crippen LogP contribution is 2.37. The number of esters is 1. The Labute approximate surface area is 174 Å². The second kappa shape index (κ2) is 8.02. The van der Waals surface area contributed by atoms with Gasteiger partial charge in [0, 0.05) is 15.4 Å². The van der Waals surface area contributed by atoms with Gasteiger partial charge in [0.05, 0.1) is 12.8 Å². The summed E-state index contributed by atoms with van der Waals surface area (Å²) in [6, 6.07) is 11.2. The van der Waals surface area contributed by atoms with Crippen LogP contribution >= 0.6 is 27.3 Å². The van der Waals surface area contributed by atoms with E-state index in [2.05, 4.69) is 20.7 Å². The molecule has 5 nitrogen and oxygen atoms in total. The van der Waals surface area contributed by atoms with Gasteiger partial charge in [0.15, 0.2) is 0 Å². The van der Waals surface area contributed by atoms with Crippen LogP contribution < -0.4 is 4.72 Å². The van der Waals surface area contributed by atoms with E-state index in [9.17, 15) is 17.6 Å². The summed E-state index contributed by atoms with van der Waals surface area (Å²) in [5.41, 5.74) is 1.75.